The van der Waals surface area contributed by atoms with E-state index in [-0.39, 0.29) is 12.5 Å². The number of nitrogens with zero attached hydrogens (tertiary/aromatic N) is 1. The molecule has 1 aliphatic rings. The largest absolute Gasteiger partial charge is 0.467 e. The van der Waals surface area contributed by atoms with Gasteiger partial charge in [-0.2, -0.15) is 16.1 Å². The summed E-state index contributed by atoms with van der Waals surface area (Å²) in [6.45, 7) is 4.50. The molecular weight excluding hydrogens is 605 g/mol. The molecule has 45 heavy (non-hydrogen) atoms. The summed E-state index contributed by atoms with van der Waals surface area (Å²) in [5.74, 6) is 0.353. The van der Waals surface area contributed by atoms with Crippen LogP contribution in [0.3, 0.4) is 0 Å². The molecule has 0 aromatic heterocycles. The molecule has 3 aromatic carbocycles. The predicted molar refractivity (Wildman–Crippen MR) is 183 cm³/mol. The zero-order valence-electron chi connectivity index (χ0n) is 26.9. The number of aryl methyl sites for hydroxylation is 2. The molecule has 242 valence electrons. The van der Waals surface area contributed by atoms with Gasteiger partial charge in [-0.25, -0.2) is 13.2 Å². The highest BCUT2D eigenvalue weighted by Crippen LogP contribution is 2.31. The molecule has 0 aliphatic heterocycles. The Morgan fingerprint density at radius 2 is 1.73 bits per heavy atom. The Balaban J connectivity index is 1.71. The predicted octanol–water partition coefficient (Wildman–Crippen LogP) is 7.16. The number of nitrogens with one attached hydrogen (secondary N) is 1. The Labute approximate surface area is 273 Å². The highest BCUT2D eigenvalue weighted by atomic mass is 32.2. The summed E-state index contributed by atoms with van der Waals surface area (Å²) >= 11 is 1.59. The number of carbonyl (C=O) groups is 2. The molecular formula is C36H46N2O5S2. The second-order valence-electron chi connectivity index (χ2n) is 12.0. The van der Waals surface area contributed by atoms with Crippen LogP contribution in [0.15, 0.2) is 71.6 Å². The van der Waals surface area contributed by atoms with Crippen molar-refractivity contribution in [2.75, 3.05) is 25.7 Å². The maximum absolute atomic E-state index is 14.1. The highest BCUT2D eigenvalue weighted by Gasteiger charge is 2.28. The smallest absolute Gasteiger partial charge is 0.328 e. The first-order chi connectivity index (χ1) is 21.6. The number of carbonyl (C=O) groups excluding carboxylic acids is 2. The summed E-state index contributed by atoms with van der Waals surface area (Å²) in [6, 6.07) is 19.6. The van der Waals surface area contributed by atoms with E-state index in [1.54, 1.807) is 40.3 Å². The molecule has 1 saturated carbocycles. The van der Waals surface area contributed by atoms with Crippen LogP contribution >= 0.6 is 11.8 Å². The second kappa shape index (κ2) is 16.4. The number of ether oxygens (including phenoxy) is 1. The van der Waals surface area contributed by atoms with Crippen LogP contribution in [0, 0.1) is 19.8 Å². The van der Waals surface area contributed by atoms with Gasteiger partial charge >= 0.3 is 5.97 Å². The number of benzene rings is 3. The van der Waals surface area contributed by atoms with Crippen molar-refractivity contribution >= 4 is 33.7 Å². The van der Waals surface area contributed by atoms with Crippen molar-refractivity contribution in [2.24, 2.45) is 5.92 Å². The van der Waals surface area contributed by atoms with E-state index in [2.05, 4.69) is 5.32 Å². The number of sulfonamides is 1. The van der Waals surface area contributed by atoms with Gasteiger partial charge in [0.25, 0.3) is 5.91 Å². The number of hydrogen-bond donors (Lipinski definition) is 1. The van der Waals surface area contributed by atoms with E-state index in [0.717, 1.165) is 41.5 Å². The SMILES string of the molecule is COC(=O)C(CCSC)NC(=O)c1ccc(CN(CCC2CCCCC2)S(=O)(=O)c2cccc(C)c2)cc1-c1ccccc1C. The third kappa shape index (κ3) is 9.21. The Kier molecular flexibility index (Phi) is 12.7. The normalized spacial score (nSPS) is 14.7. The van der Waals surface area contributed by atoms with Crippen molar-refractivity contribution in [1.82, 2.24) is 9.62 Å². The molecule has 0 radical (unpaired) electrons. The average Bonchev–Trinajstić information content (AvgIpc) is 3.05. The van der Waals surface area contributed by atoms with E-state index in [4.69, 9.17) is 4.74 Å². The Hall–Kier alpha value is -3.14. The number of thioether (sulfide) groups is 1. The third-order valence-electron chi connectivity index (χ3n) is 8.66. The molecule has 0 saturated heterocycles. The molecule has 1 unspecified atom stereocenters. The Morgan fingerprint density at radius 1 is 0.978 bits per heavy atom. The number of hydrogen-bond acceptors (Lipinski definition) is 6. The fourth-order valence-corrected chi connectivity index (χ4v) is 8.08. The fourth-order valence-electron chi connectivity index (χ4n) is 6.06. The van der Waals surface area contributed by atoms with Gasteiger partial charge in [-0.15, -0.1) is 0 Å². The molecule has 0 spiro atoms. The minimum atomic E-state index is -3.77. The molecule has 0 heterocycles. The molecule has 0 bridgehead atoms. The van der Waals surface area contributed by atoms with Crippen molar-refractivity contribution in [1.29, 1.82) is 0 Å². The molecule has 9 heteroatoms. The third-order valence-corrected chi connectivity index (χ3v) is 11.1. The molecule has 7 nitrogen and oxygen atoms in total. The van der Waals surface area contributed by atoms with E-state index in [9.17, 15) is 18.0 Å². The first kappa shape index (κ1) is 34.7. The maximum Gasteiger partial charge on any atom is 0.328 e. The summed E-state index contributed by atoms with van der Waals surface area (Å²) in [6.07, 6.45) is 9.15. The van der Waals surface area contributed by atoms with Crippen LogP contribution in [-0.2, 0) is 26.1 Å². The Morgan fingerprint density at radius 3 is 2.42 bits per heavy atom. The summed E-state index contributed by atoms with van der Waals surface area (Å²) in [7, 11) is -2.45. The molecule has 1 fully saturated rings. The lowest BCUT2D eigenvalue weighted by atomic mass is 9.87. The molecule has 4 rings (SSSR count). The van der Waals surface area contributed by atoms with Crippen molar-refractivity contribution in [2.45, 2.75) is 76.3 Å². The van der Waals surface area contributed by atoms with Crippen LogP contribution in [0.4, 0.5) is 0 Å². The first-order valence-electron chi connectivity index (χ1n) is 15.8. The zero-order chi connectivity index (χ0) is 32.4. The van der Waals surface area contributed by atoms with Gasteiger partial charge in [0.2, 0.25) is 10.0 Å². The molecule has 1 atom stereocenters. The topological polar surface area (TPSA) is 92.8 Å². The lowest BCUT2D eigenvalue weighted by Crippen LogP contribution is -2.42. The zero-order valence-corrected chi connectivity index (χ0v) is 28.5. The van der Waals surface area contributed by atoms with Gasteiger partial charge in [-0.3, -0.25) is 4.79 Å². The standard InChI is InChI=1S/C36H46N2O5S2/c1-26-11-10-15-30(23-26)45(41,42)38(21-19-28-13-6-5-7-14-28)25-29-17-18-32(33(24-29)31-16-9-8-12-27(31)2)35(39)37-34(20-22-44-4)36(40)43-3/h8-12,15-18,23-24,28,34H,5-7,13-14,19-22,25H2,1-4H3,(H,37,39). The van der Waals surface area contributed by atoms with Gasteiger partial charge in [-0.1, -0.05) is 74.6 Å². The van der Waals surface area contributed by atoms with Crippen molar-refractivity contribution in [3.63, 3.8) is 0 Å². The van der Waals surface area contributed by atoms with Gasteiger partial charge in [0, 0.05) is 18.7 Å². The van der Waals surface area contributed by atoms with E-state index in [0.29, 0.717) is 40.7 Å². The van der Waals surface area contributed by atoms with Gasteiger partial charge in [0.1, 0.15) is 6.04 Å². The second-order valence-corrected chi connectivity index (χ2v) is 14.9. The number of esters is 1. The highest BCUT2D eigenvalue weighted by molar-refractivity contribution is 7.98. The van der Waals surface area contributed by atoms with Crippen LogP contribution in [-0.4, -0.2) is 56.3 Å². The van der Waals surface area contributed by atoms with Gasteiger partial charge in [-0.05, 0) is 96.7 Å². The number of amides is 1. The van der Waals surface area contributed by atoms with Crippen molar-refractivity contribution in [3.8, 4) is 11.1 Å². The van der Waals surface area contributed by atoms with Crippen LogP contribution in [0.5, 0.6) is 0 Å². The van der Waals surface area contributed by atoms with Crippen molar-refractivity contribution in [3.05, 3.63) is 89.0 Å². The Bertz CT molecular complexity index is 1570. The minimum Gasteiger partial charge on any atom is -0.467 e. The number of methoxy groups -OCH3 is 1. The summed E-state index contributed by atoms with van der Waals surface area (Å²) in [5, 5.41) is 2.88. The quantitative estimate of drug-likeness (QED) is 0.186. The van der Waals surface area contributed by atoms with E-state index in [1.807, 2.05) is 62.6 Å². The lowest BCUT2D eigenvalue weighted by Gasteiger charge is -2.27. The van der Waals surface area contributed by atoms with Gasteiger partial charge in [0.05, 0.1) is 12.0 Å². The van der Waals surface area contributed by atoms with E-state index < -0.39 is 22.0 Å². The van der Waals surface area contributed by atoms with Crippen LogP contribution in [0.1, 0.15) is 72.0 Å². The maximum atomic E-state index is 14.1. The molecule has 1 N–H and O–H groups in total. The summed E-state index contributed by atoms with van der Waals surface area (Å²) in [5.41, 5.74) is 4.65. The fraction of sp³-hybridized carbons (Fsp3) is 0.444. The van der Waals surface area contributed by atoms with Crippen molar-refractivity contribution < 1.29 is 22.7 Å². The lowest BCUT2D eigenvalue weighted by molar-refractivity contribution is -0.142. The summed E-state index contributed by atoms with van der Waals surface area (Å²) < 4.78 is 34.7. The van der Waals surface area contributed by atoms with Gasteiger partial charge < -0.3 is 10.1 Å². The molecule has 1 aliphatic carbocycles. The minimum absolute atomic E-state index is 0.183. The van der Waals surface area contributed by atoms with Gasteiger partial charge in [0.15, 0.2) is 0 Å². The summed E-state index contributed by atoms with van der Waals surface area (Å²) in [4.78, 5) is 26.5. The van der Waals surface area contributed by atoms with Crippen LogP contribution in [0.2, 0.25) is 0 Å². The first-order valence-corrected chi connectivity index (χ1v) is 18.6. The van der Waals surface area contributed by atoms with Crippen LogP contribution < -0.4 is 5.32 Å². The molecule has 1 amide bonds. The average molecular weight is 651 g/mol. The number of rotatable bonds is 14. The van der Waals surface area contributed by atoms with E-state index in [1.165, 1.54) is 26.4 Å². The molecule has 3 aromatic rings. The van der Waals surface area contributed by atoms with E-state index >= 15 is 0 Å². The monoisotopic (exact) mass is 650 g/mol. The van der Waals surface area contributed by atoms with Crippen LogP contribution in [0.25, 0.3) is 11.1 Å².